The lowest BCUT2D eigenvalue weighted by atomic mass is 9.93. The fourth-order valence-corrected chi connectivity index (χ4v) is 2.07. The molecular weight excluding hydrogens is 186 g/mol. The molecule has 0 fully saturated rings. The summed E-state index contributed by atoms with van der Waals surface area (Å²) in [5.41, 5.74) is 2.49. The molecule has 3 rings (SSSR count). The zero-order valence-corrected chi connectivity index (χ0v) is 8.40. The van der Waals surface area contributed by atoms with Crippen molar-refractivity contribution in [1.82, 2.24) is 15.5 Å². The molecule has 1 aliphatic rings. The number of fused-ring (bicyclic) bond motifs is 1. The largest absolute Gasteiger partial charge is 0.391 e. The molecule has 1 atom stereocenters. The van der Waals surface area contributed by atoms with E-state index in [9.17, 15) is 0 Å². The van der Waals surface area contributed by atoms with E-state index >= 15 is 0 Å². The van der Waals surface area contributed by atoms with Gasteiger partial charge in [0.2, 0.25) is 0 Å². The molecular formula is C12H13N3. The van der Waals surface area contributed by atoms with Crippen molar-refractivity contribution in [3.8, 4) is 0 Å². The van der Waals surface area contributed by atoms with Gasteiger partial charge in [0.25, 0.3) is 0 Å². The lowest BCUT2D eigenvalue weighted by molar-refractivity contribution is 0.658. The van der Waals surface area contributed by atoms with Crippen LogP contribution >= 0.6 is 0 Å². The van der Waals surface area contributed by atoms with E-state index in [4.69, 9.17) is 0 Å². The summed E-state index contributed by atoms with van der Waals surface area (Å²) in [6.07, 6.45) is 7.29. The molecule has 1 unspecified atom stereocenters. The number of nitrogens with one attached hydrogen (secondary N) is 2. The third kappa shape index (κ3) is 1.50. The molecule has 1 aromatic carbocycles. The number of benzene rings is 1. The van der Waals surface area contributed by atoms with E-state index in [-0.39, 0.29) is 0 Å². The van der Waals surface area contributed by atoms with Gasteiger partial charge >= 0.3 is 0 Å². The number of aromatic nitrogens is 2. The first-order valence-corrected chi connectivity index (χ1v) is 5.26. The maximum absolute atomic E-state index is 4.03. The first-order chi connectivity index (χ1) is 7.43. The molecule has 0 amide bonds. The van der Waals surface area contributed by atoms with Crippen molar-refractivity contribution in [2.24, 2.45) is 0 Å². The fourth-order valence-electron chi connectivity index (χ4n) is 2.07. The summed E-state index contributed by atoms with van der Waals surface area (Å²) in [4.78, 5) is 0. The van der Waals surface area contributed by atoms with Crippen LogP contribution in [0.1, 0.15) is 17.9 Å². The summed E-state index contributed by atoms with van der Waals surface area (Å²) in [7, 11) is 0. The number of hydrogen-bond acceptors (Lipinski definition) is 2. The Morgan fingerprint density at radius 2 is 2.33 bits per heavy atom. The monoisotopic (exact) mass is 199 g/mol. The van der Waals surface area contributed by atoms with E-state index in [1.807, 2.05) is 12.4 Å². The Balaban J connectivity index is 2.02. The maximum Gasteiger partial charge on any atom is 0.0653 e. The van der Waals surface area contributed by atoms with Gasteiger partial charge in [0, 0.05) is 17.8 Å². The van der Waals surface area contributed by atoms with Crippen LogP contribution in [0.4, 0.5) is 0 Å². The van der Waals surface area contributed by atoms with Gasteiger partial charge in [-0.1, -0.05) is 18.2 Å². The van der Waals surface area contributed by atoms with E-state index in [0.29, 0.717) is 5.92 Å². The molecule has 1 aromatic heterocycles. The molecule has 0 radical (unpaired) electrons. The first kappa shape index (κ1) is 8.53. The molecule has 0 spiro atoms. The molecule has 0 saturated carbocycles. The van der Waals surface area contributed by atoms with Crippen molar-refractivity contribution in [1.29, 1.82) is 0 Å². The molecule has 2 aromatic rings. The number of hydrogen-bond donors (Lipinski definition) is 2. The molecule has 2 N–H and O–H groups in total. The Morgan fingerprint density at radius 3 is 3.20 bits per heavy atom. The fraction of sp³-hybridized carbons (Fsp3) is 0.250. The molecule has 15 heavy (non-hydrogen) atoms. The van der Waals surface area contributed by atoms with Crippen LogP contribution in [0.3, 0.4) is 0 Å². The summed E-state index contributed by atoms with van der Waals surface area (Å²) in [6.45, 7) is 1.06. The minimum absolute atomic E-state index is 0.541. The first-order valence-electron chi connectivity index (χ1n) is 5.26. The third-order valence-electron chi connectivity index (χ3n) is 2.94. The average molecular weight is 199 g/mol. The zero-order valence-electron chi connectivity index (χ0n) is 8.40. The standard InChI is InChI=1S/C12H13N3/c1-2-11-8-14-15-12(11)7-10(1)9-3-5-13-6-4-9/h1-3,5,7-9,13H,4,6H2,(H,14,15). The summed E-state index contributed by atoms with van der Waals surface area (Å²) in [6, 6.07) is 6.52. The summed E-state index contributed by atoms with van der Waals surface area (Å²) < 4.78 is 0. The second-order valence-corrected chi connectivity index (χ2v) is 3.93. The van der Waals surface area contributed by atoms with E-state index in [2.05, 4.69) is 39.8 Å². The maximum atomic E-state index is 4.03. The van der Waals surface area contributed by atoms with Crippen LogP contribution in [-0.2, 0) is 0 Å². The topological polar surface area (TPSA) is 40.7 Å². The zero-order chi connectivity index (χ0) is 10.1. The summed E-state index contributed by atoms with van der Waals surface area (Å²) in [5, 5.41) is 11.4. The van der Waals surface area contributed by atoms with E-state index in [1.54, 1.807) is 0 Å². The number of allylic oxidation sites excluding steroid dienone is 1. The van der Waals surface area contributed by atoms with Gasteiger partial charge in [0.1, 0.15) is 0 Å². The molecule has 3 nitrogen and oxygen atoms in total. The van der Waals surface area contributed by atoms with Gasteiger partial charge in [-0.15, -0.1) is 0 Å². The minimum atomic E-state index is 0.541. The van der Waals surface area contributed by atoms with Crippen molar-refractivity contribution in [2.45, 2.75) is 12.3 Å². The van der Waals surface area contributed by atoms with Crippen LogP contribution in [0.2, 0.25) is 0 Å². The Kier molecular flexibility index (Phi) is 1.95. The molecule has 0 aliphatic carbocycles. The highest BCUT2D eigenvalue weighted by molar-refractivity contribution is 5.78. The van der Waals surface area contributed by atoms with Crippen LogP contribution in [0.5, 0.6) is 0 Å². The van der Waals surface area contributed by atoms with Crippen LogP contribution in [-0.4, -0.2) is 16.7 Å². The average Bonchev–Trinajstić information content (AvgIpc) is 2.77. The predicted octanol–water partition coefficient (Wildman–Crippen LogP) is 2.15. The highest BCUT2D eigenvalue weighted by Crippen LogP contribution is 2.25. The number of H-pyrrole nitrogens is 1. The Labute approximate surface area is 88.2 Å². The minimum Gasteiger partial charge on any atom is -0.391 e. The number of rotatable bonds is 1. The smallest absolute Gasteiger partial charge is 0.0653 e. The van der Waals surface area contributed by atoms with Crippen molar-refractivity contribution in [3.05, 3.63) is 42.2 Å². The predicted molar refractivity (Wildman–Crippen MR) is 60.6 cm³/mol. The van der Waals surface area contributed by atoms with E-state index < -0.39 is 0 Å². The second kappa shape index (κ2) is 3.42. The summed E-state index contributed by atoms with van der Waals surface area (Å²) >= 11 is 0. The van der Waals surface area contributed by atoms with Gasteiger partial charge in [-0.2, -0.15) is 5.10 Å². The van der Waals surface area contributed by atoms with E-state index in [0.717, 1.165) is 18.5 Å². The van der Waals surface area contributed by atoms with Gasteiger partial charge in [0.15, 0.2) is 0 Å². The van der Waals surface area contributed by atoms with Gasteiger partial charge < -0.3 is 5.32 Å². The summed E-state index contributed by atoms with van der Waals surface area (Å²) in [5.74, 6) is 0.541. The quantitative estimate of drug-likeness (QED) is 0.738. The normalized spacial score (nSPS) is 20.4. The Bertz CT molecular complexity index is 498. The molecule has 1 aliphatic heterocycles. The molecule has 2 heterocycles. The van der Waals surface area contributed by atoms with E-state index in [1.165, 1.54) is 10.9 Å². The van der Waals surface area contributed by atoms with Crippen molar-refractivity contribution in [3.63, 3.8) is 0 Å². The van der Waals surface area contributed by atoms with Crippen molar-refractivity contribution in [2.75, 3.05) is 6.54 Å². The molecule has 3 heteroatoms. The van der Waals surface area contributed by atoms with Crippen molar-refractivity contribution >= 4 is 10.9 Å². The van der Waals surface area contributed by atoms with Crippen LogP contribution in [0, 0.1) is 0 Å². The van der Waals surface area contributed by atoms with Gasteiger partial charge in [0.05, 0.1) is 11.7 Å². The SMILES string of the molecule is C1=CC(c2ccc3cn[nH]c3c2)CCN1. The highest BCUT2D eigenvalue weighted by Gasteiger charge is 2.11. The Morgan fingerprint density at radius 1 is 1.33 bits per heavy atom. The van der Waals surface area contributed by atoms with Gasteiger partial charge in [-0.25, -0.2) is 0 Å². The highest BCUT2D eigenvalue weighted by atomic mass is 15.1. The third-order valence-corrected chi connectivity index (χ3v) is 2.94. The number of aromatic amines is 1. The molecule has 76 valence electrons. The van der Waals surface area contributed by atoms with Crippen LogP contribution in [0.15, 0.2) is 36.7 Å². The van der Waals surface area contributed by atoms with Crippen LogP contribution in [0.25, 0.3) is 10.9 Å². The lowest BCUT2D eigenvalue weighted by Gasteiger charge is -2.17. The Hall–Kier alpha value is -1.77. The van der Waals surface area contributed by atoms with Crippen LogP contribution < -0.4 is 5.32 Å². The molecule has 0 bridgehead atoms. The second-order valence-electron chi connectivity index (χ2n) is 3.93. The number of nitrogens with zero attached hydrogens (tertiary/aromatic N) is 1. The van der Waals surface area contributed by atoms with Gasteiger partial charge in [-0.05, 0) is 24.3 Å². The lowest BCUT2D eigenvalue weighted by Crippen LogP contribution is -2.15. The van der Waals surface area contributed by atoms with Crippen molar-refractivity contribution < 1.29 is 0 Å². The van der Waals surface area contributed by atoms with Gasteiger partial charge in [-0.3, -0.25) is 5.10 Å². The molecule has 0 saturated heterocycles.